The Balaban J connectivity index is 1.38. The number of aromatic nitrogens is 6. The summed E-state index contributed by atoms with van der Waals surface area (Å²) in [7, 11) is 0. The standard InChI is InChI=1S/C18H20ClN9O2/c1-12(29)20-16-4-5-28(23-16)18(30)27-8-6-26(7-9-27)11-13-2-3-14(19)10-15(13)17-21-24-25-22-17/h2-5,10H,6-9,11H2,1H3,(H,20,23,29)(H,21,22,24,25). The third kappa shape index (κ3) is 4.47. The van der Waals surface area contributed by atoms with Gasteiger partial charge < -0.3 is 10.2 Å². The average Bonchev–Trinajstić information content (AvgIpc) is 3.41. The molecule has 3 aromatic rings. The van der Waals surface area contributed by atoms with Crippen LogP contribution in [0.2, 0.25) is 5.02 Å². The number of nitrogens with zero attached hydrogens (tertiary/aromatic N) is 7. The quantitative estimate of drug-likeness (QED) is 0.643. The molecule has 2 amide bonds. The average molecular weight is 430 g/mol. The normalized spacial score (nSPS) is 14.7. The highest BCUT2D eigenvalue weighted by Crippen LogP contribution is 2.25. The summed E-state index contributed by atoms with van der Waals surface area (Å²) in [5.41, 5.74) is 1.90. The highest BCUT2D eigenvalue weighted by Gasteiger charge is 2.24. The molecule has 3 heterocycles. The fraction of sp³-hybridized carbons (Fsp3) is 0.333. The first-order chi connectivity index (χ1) is 14.5. The van der Waals surface area contributed by atoms with Crippen LogP contribution in [0.4, 0.5) is 10.6 Å². The van der Waals surface area contributed by atoms with E-state index < -0.39 is 0 Å². The van der Waals surface area contributed by atoms with Gasteiger partial charge in [0.1, 0.15) is 0 Å². The Labute approximate surface area is 177 Å². The topological polar surface area (TPSA) is 125 Å². The maximum atomic E-state index is 12.7. The number of carbonyl (C=O) groups excluding carboxylic acids is 2. The number of hydrogen-bond acceptors (Lipinski definition) is 7. The molecule has 0 bridgehead atoms. The molecule has 0 spiro atoms. The van der Waals surface area contributed by atoms with Crippen molar-refractivity contribution in [2.45, 2.75) is 13.5 Å². The predicted molar refractivity (Wildman–Crippen MR) is 109 cm³/mol. The first-order valence-electron chi connectivity index (χ1n) is 9.37. The summed E-state index contributed by atoms with van der Waals surface area (Å²) in [5.74, 6) is 0.686. The van der Waals surface area contributed by atoms with Gasteiger partial charge in [-0.1, -0.05) is 17.7 Å². The Morgan fingerprint density at radius 2 is 2.00 bits per heavy atom. The molecule has 0 saturated carbocycles. The van der Waals surface area contributed by atoms with E-state index in [2.05, 4.69) is 35.9 Å². The van der Waals surface area contributed by atoms with Crippen LogP contribution in [0.15, 0.2) is 30.5 Å². The lowest BCUT2D eigenvalue weighted by Crippen LogP contribution is -2.49. The number of H-pyrrole nitrogens is 1. The van der Waals surface area contributed by atoms with Gasteiger partial charge in [-0.25, -0.2) is 9.89 Å². The van der Waals surface area contributed by atoms with Gasteiger partial charge in [0.15, 0.2) is 11.6 Å². The van der Waals surface area contributed by atoms with E-state index in [1.54, 1.807) is 17.2 Å². The van der Waals surface area contributed by atoms with Crippen LogP contribution in [0.25, 0.3) is 11.4 Å². The number of benzene rings is 1. The molecule has 156 valence electrons. The Bertz CT molecular complexity index is 1040. The van der Waals surface area contributed by atoms with E-state index in [4.69, 9.17) is 11.6 Å². The maximum Gasteiger partial charge on any atom is 0.344 e. The summed E-state index contributed by atoms with van der Waals surface area (Å²) in [4.78, 5) is 27.8. The zero-order valence-electron chi connectivity index (χ0n) is 16.2. The van der Waals surface area contributed by atoms with Crippen molar-refractivity contribution in [2.75, 3.05) is 31.5 Å². The van der Waals surface area contributed by atoms with Crippen molar-refractivity contribution in [1.82, 2.24) is 40.2 Å². The van der Waals surface area contributed by atoms with Crippen molar-refractivity contribution in [3.63, 3.8) is 0 Å². The lowest BCUT2D eigenvalue weighted by Gasteiger charge is -2.34. The number of nitrogens with one attached hydrogen (secondary N) is 2. The zero-order chi connectivity index (χ0) is 21.1. The van der Waals surface area contributed by atoms with Gasteiger partial charge >= 0.3 is 6.03 Å². The minimum absolute atomic E-state index is 0.217. The first kappa shape index (κ1) is 20.0. The van der Waals surface area contributed by atoms with Crippen LogP contribution in [-0.2, 0) is 11.3 Å². The number of tetrazole rings is 1. The highest BCUT2D eigenvalue weighted by molar-refractivity contribution is 6.30. The molecule has 1 aromatic carbocycles. The number of amides is 2. The highest BCUT2D eigenvalue weighted by atomic mass is 35.5. The molecule has 1 saturated heterocycles. The molecule has 30 heavy (non-hydrogen) atoms. The molecule has 0 radical (unpaired) electrons. The number of carbonyl (C=O) groups is 2. The van der Waals surface area contributed by atoms with Crippen molar-refractivity contribution in [1.29, 1.82) is 0 Å². The number of hydrogen-bond donors (Lipinski definition) is 2. The van der Waals surface area contributed by atoms with Crippen LogP contribution >= 0.6 is 11.6 Å². The van der Waals surface area contributed by atoms with Crippen molar-refractivity contribution < 1.29 is 9.59 Å². The first-order valence-corrected chi connectivity index (χ1v) is 9.75. The molecule has 4 rings (SSSR count). The Kier molecular flexibility index (Phi) is 5.72. The van der Waals surface area contributed by atoms with Crippen LogP contribution in [0.1, 0.15) is 12.5 Å². The van der Waals surface area contributed by atoms with Gasteiger partial charge in [0.05, 0.1) is 0 Å². The second-order valence-electron chi connectivity index (χ2n) is 6.92. The minimum Gasteiger partial charge on any atom is -0.320 e. The van der Waals surface area contributed by atoms with Crippen molar-refractivity contribution in [3.05, 3.63) is 41.0 Å². The van der Waals surface area contributed by atoms with Crippen LogP contribution in [0.3, 0.4) is 0 Å². The van der Waals surface area contributed by atoms with Gasteiger partial charge in [-0.15, -0.1) is 10.2 Å². The second-order valence-corrected chi connectivity index (χ2v) is 7.36. The molecule has 2 aromatic heterocycles. The third-order valence-electron chi connectivity index (χ3n) is 4.80. The number of rotatable bonds is 4. The van der Waals surface area contributed by atoms with Gasteiger partial charge in [0, 0.05) is 62.5 Å². The Morgan fingerprint density at radius 1 is 1.20 bits per heavy atom. The Morgan fingerprint density at radius 3 is 2.70 bits per heavy atom. The molecule has 1 aliphatic rings. The van der Waals surface area contributed by atoms with E-state index in [9.17, 15) is 9.59 Å². The minimum atomic E-state index is -0.232. The van der Waals surface area contributed by atoms with Crippen molar-refractivity contribution in [3.8, 4) is 11.4 Å². The van der Waals surface area contributed by atoms with Crippen molar-refractivity contribution in [2.24, 2.45) is 0 Å². The second kappa shape index (κ2) is 8.59. The molecular weight excluding hydrogens is 410 g/mol. The van der Waals surface area contributed by atoms with Crippen LogP contribution in [0.5, 0.6) is 0 Å². The van der Waals surface area contributed by atoms with Crippen molar-refractivity contribution >= 4 is 29.4 Å². The van der Waals surface area contributed by atoms with Crippen LogP contribution in [-0.4, -0.2) is 78.3 Å². The lowest BCUT2D eigenvalue weighted by molar-refractivity contribution is -0.114. The maximum absolute atomic E-state index is 12.7. The number of halogens is 1. The lowest BCUT2D eigenvalue weighted by atomic mass is 10.1. The van der Waals surface area contributed by atoms with Gasteiger partial charge in [0.25, 0.3) is 0 Å². The van der Waals surface area contributed by atoms with Gasteiger partial charge in [-0.3, -0.25) is 9.69 Å². The SMILES string of the molecule is CC(=O)Nc1ccn(C(=O)N2CCN(Cc3ccc(Cl)cc3-c3nnn[nH]3)CC2)n1. The van der Waals surface area contributed by atoms with Crippen LogP contribution < -0.4 is 5.32 Å². The van der Waals surface area contributed by atoms with Gasteiger partial charge in [-0.2, -0.15) is 4.68 Å². The summed E-state index contributed by atoms with van der Waals surface area (Å²) in [6, 6.07) is 7.02. The van der Waals surface area contributed by atoms with E-state index in [0.717, 1.165) is 11.1 Å². The van der Waals surface area contributed by atoms with E-state index >= 15 is 0 Å². The van der Waals surface area contributed by atoms with E-state index in [1.807, 2.05) is 18.2 Å². The summed E-state index contributed by atoms with van der Waals surface area (Å²) in [6.07, 6.45) is 1.55. The van der Waals surface area contributed by atoms with E-state index in [-0.39, 0.29) is 11.9 Å². The summed E-state index contributed by atoms with van der Waals surface area (Å²) >= 11 is 6.15. The molecule has 1 fully saturated rings. The smallest absolute Gasteiger partial charge is 0.320 e. The van der Waals surface area contributed by atoms with E-state index in [1.165, 1.54) is 11.6 Å². The molecule has 0 unspecified atom stereocenters. The van der Waals surface area contributed by atoms with Gasteiger partial charge in [-0.05, 0) is 28.1 Å². The molecule has 2 N–H and O–H groups in total. The largest absolute Gasteiger partial charge is 0.344 e. The molecule has 12 heteroatoms. The monoisotopic (exact) mass is 429 g/mol. The van der Waals surface area contributed by atoms with Crippen LogP contribution in [0, 0.1) is 0 Å². The number of piperazine rings is 1. The fourth-order valence-corrected chi connectivity index (χ4v) is 3.51. The molecule has 1 aliphatic heterocycles. The predicted octanol–water partition coefficient (Wildman–Crippen LogP) is 1.46. The van der Waals surface area contributed by atoms with E-state index in [0.29, 0.717) is 49.4 Å². The molecular formula is C18H20ClN9O2. The fourth-order valence-electron chi connectivity index (χ4n) is 3.34. The third-order valence-corrected chi connectivity index (χ3v) is 5.03. The van der Waals surface area contributed by atoms with Gasteiger partial charge in [0.2, 0.25) is 5.91 Å². The number of anilines is 1. The number of aromatic amines is 1. The zero-order valence-corrected chi connectivity index (χ0v) is 17.0. The molecule has 0 atom stereocenters. The molecule has 11 nitrogen and oxygen atoms in total. The summed E-state index contributed by atoms with van der Waals surface area (Å²) in [5, 5.41) is 21.3. The Hall–Kier alpha value is -3.31. The summed E-state index contributed by atoms with van der Waals surface area (Å²) < 4.78 is 1.25. The summed E-state index contributed by atoms with van der Waals surface area (Å²) in [6.45, 7) is 4.64. The molecule has 0 aliphatic carbocycles.